The number of halogens is 3. The van der Waals surface area contributed by atoms with Crippen molar-refractivity contribution in [2.24, 2.45) is 0 Å². The lowest BCUT2D eigenvalue weighted by Gasteiger charge is -2.09. The van der Waals surface area contributed by atoms with E-state index >= 15 is 0 Å². The van der Waals surface area contributed by atoms with Gasteiger partial charge in [0.15, 0.2) is 0 Å². The minimum Gasteiger partial charge on any atom is -0.481 e. The number of fused-ring (bicyclic) bond motifs is 1. The molecule has 25 heavy (non-hydrogen) atoms. The number of aromatic nitrogens is 1. The molecule has 1 heterocycles. The third kappa shape index (κ3) is 3.24. The molecule has 0 saturated heterocycles. The standard InChI is InChI=1S/C19H16F3NO2/c1-10-6-11(2)17-14(7-10)15(9-16(24)25)18(23-17)12-4-3-5-13(8-12)19(20,21)22/h3-8,23H,9H2,1-2H3,(H,24,25). The summed E-state index contributed by atoms with van der Waals surface area (Å²) < 4.78 is 39.0. The lowest BCUT2D eigenvalue weighted by atomic mass is 9.99. The molecule has 0 bridgehead atoms. The second-order valence-electron chi connectivity index (χ2n) is 6.13. The van der Waals surface area contributed by atoms with Gasteiger partial charge in [0.2, 0.25) is 0 Å². The number of hydrogen-bond donors (Lipinski definition) is 2. The van der Waals surface area contributed by atoms with Crippen molar-refractivity contribution in [1.82, 2.24) is 4.98 Å². The molecule has 0 unspecified atom stereocenters. The second kappa shape index (κ2) is 5.95. The zero-order valence-electron chi connectivity index (χ0n) is 13.7. The first-order valence-corrected chi connectivity index (χ1v) is 7.68. The maximum absolute atomic E-state index is 13.0. The average molecular weight is 347 g/mol. The van der Waals surface area contributed by atoms with Crippen LogP contribution in [-0.4, -0.2) is 16.1 Å². The Morgan fingerprint density at radius 3 is 2.52 bits per heavy atom. The first-order chi connectivity index (χ1) is 11.7. The van der Waals surface area contributed by atoms with Gasteiger partial charge in [-0.1, -0.05) is 23.8 Å². The summed E-state index contributed by atoms with van der Waals surface area (Å²) in [5, 5.41) is 9.97. The van der Waals surface area contributed by atoms with Crippen molar-refractivity contribution >= 4 is 16.9 Å². The maximum Gasteiger partial charge on any atom is 0.416 e. The van der Waals surface area contributed by atoms with Crippen molar-refractivity contribution in [3.63, 3.8) is 0 Å². The smallest absolute Gasteiger partial charge is 0.416 e. The van der Waals surface area contributed by atoms with Crippen LogP contribution in [0.15, 0.2) is 36.4 Å². The van der Waals surface area contributed by atoms with Crippen molar-refractivity contribution in [3.8, 4) is 11.3 Å². The molecule has 130 valence electrons. The fraction of sp³-hybridized carbons (Fsp3) is 0.211. The number of H-pyrrole nitrogens is 1. The Labute approximate surface area is 142 Å². The predicted molar refractivity (Wildman–Crippen MR) is 89.6 cm³/mol. The molecule has 1 aromatic heterocycles. The molecular formula is C19H16F3NO2. The molecule has 3 rings (SSSR count). The third-order valence-electron chi connectivity index (χ3n) is 4.16. The molecular weight excluding hydrogens is 331 g/mol. The fourth-order valence-electron chi connectivity index (χ4n) is 3.14. The SMILES string of the molecule is Cc1cc(C)c2[nH]c(-c3cccc(C(F)(F)F)c3)c(CC(=O)O)c2c1. The highest BCUT2D eigenvalue weighted by atomic mass is 19.4. The molecule has 0 saturated carbocycles. The number of aromatic amines is 1. The largest absolute Gasteiger partial charge is 0.481 e. The van der Waals surface area contributed by atoms with Crippen LogP contribution in [-0.2, 0) is 17.4 Å². The molecule has 0 aliphatic rings. The van der Waals surface area contributed by atoms with Crippen LogP contribution in [0.3, 0.4) is 0 Å². The summed E-state index contributed by atoms with van der Waals surface area (Å²) in [6, 6.07) is 8.71. The van der Waals surface area contributed by atoms with E-state index in [1.807, 2.05) is 26.0 Å². The van der Waals surface area contributed by atoms with Gasteiger partial charge in [-0.3, -0.25) is 4.79 Å². The molecule has 0 radical (unpaired) electrons. The van der Waals surface area contributed by atoms with E-state index in [1.165, 1.54) is 6.07 Å². The topological polar surface area (TPSA) is 53.1 Å². The number of nitrogens with one attached hydrogen (secondary N) is 1. The molecule has 0 spiro atoms. The minimum absolute atomic E-state index is 0.269. The average Bonchev–Trinajstić information content (AvgIpc) is 2.85. The van der Waals surface area contributed by atoms with Crippen LogP contribution in [0, 0.1) is 13.8 Å². The Morgan fingerprint density at radius 1 is 1.16 bits per heavy atom. The van der Waals surface area contributed by atoms with E-state index in [9.17, 15) is 23.1 Å². The van der Waals surface area contributed by atoms with E-state index in [0.29, 0.717) is 16.8 Å². The number of alkyl halides is 3. The van der Waals surface area contributed by atoms with Crippen LogP contribution in [0.4, 0.5) is 13.2 Å². The highest BCUT2D eigenvalue weighted by Crippen LogP contribution is 2.36. The Bertz CT molecular complexity index is 971. The van der Waals surface area contributed by atoms with Crippen LogP contribution in [0.1, 0.15) is 22.3 Å². The first-order valence-electron chi connectivity index (χ1n) is 7.68. The highest BCUT2D eigenvalue weighted by Gasteiger charge is 2.31. The Hall–Kier alpha value is -2.76. The molecule has 0 fully saturated rings. The monoisotopic (exact) mass is 347 g/mol. The number of carboxylic acids is 1. The lowest BCUT2D eigenvalue weighted by Crippen LogP contribution is -2.05. The molecule has 0 amide bonds. The van der Waals surface area contributed by atoms with Gasteiger partial charge in [-0.2, -0.15) is 13.2 Å². The molecule has 2 aromatic carbocycles. The van der Waals surface area contributed by atoms with Crippen molar-refractivity contribution < 1.29 is 23.1 Å². The van der Waals surface area contributed by atoms with Gasteiger partial charge in [-0.05, 0) is 48.7 Å². The highest BCUT2D eigenvalue weighted by molar-refractivity contribution is 5.95. The van der Waals surface area contributed by atoms with Crippen molar-refractivity contribution in [3.05, 3.63) is 58.7 Å². The van der Waals surface area contributed by atoms with Crippen molar-refractivity contribution in [2.75, 3.05) is 0 Å². The van der Waals surface area contributed by atoms with E-state index in [-0.39, 0.29) is 6.42 Å². The normalized spacial score (nSPS) is 11.9. The molecule has 3 aromatic rings. The van der Waals surface area contributed by atoms with Crippen LogP contribution in [0.2, 0.25) is 0 Å². The molecule has 0 aliphatic heterocycles. The lowest BCUT2D eigenvalue weighted by molar-refractivity contribution is -0.138. The van der Waals surface area contributed by atoms with Crippen molar-refractivity contribution in [2.45, 2.75) is 26.4 Å². The number of rotatable bonds is 3. The first kappa shape index (κ1) is 17.1. The third-order valence-corrected chi connectivity index (χ3v) is 4.16. The number of aryl methyl sites for hydroxylation is 2. The van der Waals surface area contributed by atoms with Gasteiger partial charge in [0.25, 0.3) is 0 Å². The molecule has 3 nitrogen and oxygen atoms in total. The number of carboxylic acid groups (broad SMARTS) is 1. The van der Waals surface area contributed by atoms with Gasteiger partial charge < -0.3 is 10.1 Å². The molecule has 0 atom stereocenters. The summed E-state index contributed by atoms with van der Waals surface area (Å²) in [5.74, 6) is -1.03. The van der Waals surface area contributed by atoms with Crippen LogP contribution in [0.25, 0.3) is 22.2 Å². The number of aliphatic carboxylic acids is 1. The number of benzene rings is 2. The Balaban J connectivity index is 2.29. The molecule has 0 aliphatic carbocycles. The molecule has 2 N–H and O–H groups in total. The van der Waals surface area contributed by atoms with Crippen LogP contribution in [0.5, 0.6) is 0 Å². The number of carbonyl (C=O) groups is 1. The van der Waals surface area contributed by atoms with Crippen molar-refractivity contribution in [1.29, 1.82) is 0 Å². The van der Waals surface area contributed by atoms with Gasteiger partial charge in [-0.15, -0.1) is 0 Å². The summed E-state index contributed by atoms with van der Waals surface area (Å²) >= 11 is 0. The molecule has 6 heteroatoms. The van der Waals surface area contributed by atoms with Gasteiger partial charge in [0, 0.05) is 10.9 Å². The van der Waals surface area contributed by atoms with E-state index in [0.717, 1.165) is 34.2 Å². The Morgan fingerprint density at radius 2 is 1.88 bits per heavy atom. The summed E-state index contributed by atoms with van der Waals surface area (Å²) in [6.07, 6.45) is -4.73. The minimum atomic E-state index is -4.46. The van der Waals surface area contributed by atoms with Gasteiger partial charge in [0.05, 0.1) is 17.7 Å². The summed E-state index contributed by atoms with van der Waals surface area (Å²) in [5.41, 5.74) is 3.09. The van der Waals surface area contributed by atoms with E-state index in [4.69, 9.17) is 0 Å². The second-order valence-corrected chi connectivity index (χ2v) is 6.13. The Kier molecular flexibility index (Phi) is 4.06. The fourth-order valence-corrected chi connectivity index (χ4v) is 3.14. The number of hydrogen-bond acceptors (Lipinski definition) is 1. The zero-order valence-corrected chi connectivity index (χ0v) is 13.7. The van der Waals surface area contributed by atoms with Crippen LogP contribution < -0.4 is 0 Å². The summed E-state index contributed by atoms with van der Waals surface area (Å²) in [4.78, 5) is 14.4. The zero-order chi connectivity index (χ0) is 18.4. The summed E-state index contributed by atoms with van der Waals surface area (Å²) in [6.45, 7) is 3.78. The van der Waals surface area contributed by atoms with E-state index in [1.54, 1.807) is 6.07 Å². The maximum atomic E-state index is 13.0. The van der Waals surface area contributed by atoms with Gasteiger partial charge in [0.1, 0.15) is 0 Å². The van der Waals surface area contributed by atoms with Gasteiger partial charge >= 0.3 is 12.1 Å². The van der Waals surface area contributed by atoms with Gasteiger partial charge in [-0.25, -0.2) is 0 Å². The van der Waals surface area contributed by atoms with E-state index in [2.05, 4.69) is 4.98 Å². The summed E-state index contributed by atoms with van der Waals surface area (Å²) in [7, 11) is 0. The quantitative estimate of drug-likeness (QED) is 0.693. The van der Waals surface area contributed by atoms with Crippen LogP contribution >= 0.6 is 0 Å². The predicted octanol–water partition coefficient (Wildman–Crippen LogP) is 5.10. The van der Waals surface area contributed by atoms with E-state index < -0.39 is 17.7 Å².